The average Bonchev–Trinajstić information content (AvgIpc) is 2.43. The monoisotopic (exact) mass is 295 g/mol. The van der Waals surface area contributed by atoms with E-state index < -0.39 is 17.0 Å². The van der Waals surface area contributed by atoms with Gasteiger partial charge in [-0.1, -0.05) is 23.6 Å². The summed E-state index contributed by atoms with van der Waals surface area (Å²) in [6.45, 7) is 0.221. The van der Waals surface area contributed by atoms with Crippen molar-refractivity contribution in [2.75, 3.05) is 6.54 Å². The molecule has 0 heterocycles. The lowest BCUT2D eigenvalue weighted by Gasteiger charge is -2.10. The first-order chi connectivity index (χ1) is 9.99. The van der Waals surface area contributed by atoms with Crippen LogP contribution in [0.1, 0.15) is 12.8 Å². The van der Waals surface area contributed by atoms with Crippen molar-refractivity contribution in [1.82, 2.24) is 5.43 Å². The number of hydrogen-bond donors (Lipinski definition) is 3. The van der Waals surface area contributed by atoms with Gasteiger partial charge in [0.2, 0.25) is 0 Å². The highest BCUT2D eigenvalue weighted by atomic mass is 16.7. The van der Waals surface area contributed by atoms with Crippen molar-refractivity contribution in [1.29, 1.82) is 0 Å². The van der Waals surface area contributed by atoms with Crippen LogP contribution in [0.15, 0.2) is 35.3 Å². The van der Waals surface area contributed by atoms with Gasteiger partial charge >= 0.3 is 5.97 Å². The highest BCUT2D eigenvalue weighted by Gasteiger charge is 2.15. The largest absolute Gasteiger partial charge is 0.425 e. The van der Waals surface area contributed by atoms with Crippen LogP contribution in [0.2, 0.25) is 0 Å². The van der Waals surface area contributed by atoms with Crippen LogP contribution in [-0.4, -0.2) is 29.5 Å². The van der Waals surface area contributed by atoms with Crippen LogP contribution in [0.25, 0.3) is 0 Å². The summed E-state index contributed by atoms with van der Waals surface area (Å²) in [4.78, 5) is 25.5. The number of rotatable bonds is 7. The van der Waals surface area contributed by atoms with Crippen LogP contribution >= 0.6 is 0 Å². The number of benzene rings is 1. The predicted octanol–water partition coefficient (Wildman–Crippen LogP) is -0.204. The van der Waals surface area contributed by atoms with Crippen molar-refractivity contribution in [3.8, 4) is 5.75 Å². The maximum absolute atomic E-state index is 11.7. The van der Waals surface area contributed by atoms with Crippen LogP contribution in [0.5, 0.6) is 5.75 Å². The zero-order valence-corrected chi connectivity index (χ0v) is 11.3. The Kier molecular flexibility index (Phi) is 6.61. The zero-order valence-electron chi connectivity index (χ0n) is 11.3. The average molecular weight is 295 g/mol. The molecule has 0 saturated heterocycles. The maximum Gasteiger partial charge on any atom is 0.328 e. The second-order valence-corrected chi connectivity index (χ2v) is 4.12. The molecule has 0 fully saturated rings. The molecule has 114 valence electrons. The highest BCUT2D eigenvalue weighted by Crippen LogP contribution is 2.10. The quantitative estimate of drug-likeness (QED) is 0.120. The smallest absolute Gasteiger partial charge is 0.328 e. The Morgan fingerprint density at radius 2 is 2.10 bits per heavy atom. The fourth-order valence-corrected chi connectivity index (χ4v) is 1.44. The van der Waals surface area contributed by atoms with E-state index in [2.05, 4.69) is 4.99 Å². The summed E-state index contributed by atoms with van der Waals surface area (Å²) in [5.41, 5.74) is 12.6. The topological polar surface area (TPSA) is 146 Å². The van der Waals surface area contributed by atoms with Gasteiger partial charge in [-0.15, -0.1) is 0 Å². The molecule has 0 radical (unpaired) electrons. The predicted molar refractivity (Wildman–Crippen MR) is 75.9 cm³/mol. The minimum absolute atomic E-state index is 0.221. The first kappa shape index (κ1) is 16.4. The van der Waals surface area contributed by atoms with E-state index in [1.807, 2.05) is 0 Å². The molecule has 0 aliphatic rings. The van der Waals surface area contributed by atoms with Gasteiger partial charge in [-0.05, 0) is 25.0 Å². The molecule has 1 aromatic carbocycles. The maximum atomic E-state index is 11.7. The fourth-order valence-electron chi connectivity index (χ4n) is 1.44. The third-order valence-electron chi connectivity index (χ3n) is 2.43. The number of carbonyl (C=O) groups is 1. The number of guanidine groups is 1. The molecule has 1 aromatic rings. The normalized spacial score (nSPS) is 12.5. The number of esters is 1. The number of nitrogens with two attached hydrogens (primary N) is 2. The van der Waals surface area contributed by atoms with Crippen LogP contribution in [0.4, 0.5) is 0 Å². The van der Waals surface area contributed by atoms with Crippen LogP contribution in [0.3, 0.4) is 0 Å². The molecule has 0 aromatic heterocycles. The van der Waals surface area contributed by atoms with Crippen LogP contribution in [-0.2, 0) is 4.79 Å². The SMILES string of the molecule is NC(=NCCCC(N)C(=O)Oc1ccccc1)N[N+](=O)[O-]. The molecule has 1 rings (SSSR count). The Morgan fingerprint density at radius 1 is 1.43 bits per heavy atom. The summed E-state index contributed by atoms with van der Waals surface area (Å²) < 4.78 is 5.08. The van der Waals surface area contributed by atoms with Crippen LogP contribution in [0, 0.1) is 10.1 Å². The van der Waals surface area contributed by atoms with Crippen molar-refractivity contribution >= 4 is 11.9 Å². The lowest BCUT2D eigenvalue weighted by molar-refractivity contribution is -0.525. The summed E-state index contributed by atoms with van der Waals surface area (Å²) in [5.74, 6) is -0.405. The summed E-state index contributed by atoms with van der Waals surface area (Å²) in [5, 5.41) is 9.26. The molecule has 0 bridgehead atoms. The van der Waals surface area contributed by atoms with Gasteiger partial charge in [-0.3, -0.25) is 0 Å². The minimum atomic E-state index is -0.804. The molecule has 5 N–H and O–H groups in total. The zero-order chi connectivity index (χ0) is 15.7. The summed E-state index contributed by atoms with van der Waals surface area (Å²) in [6.07, 6.45) is 0.784. The van der Waals surface area contributed by atoms with Crippen molar-refractivity contribution in [2.45, 2.75) is 18.9 Å². The first-order valence-electron chi connectivity index (χ1n) is 6.22. The number of hydrogen-bond acceptors (Lipinski definition) is 6. The lowest BCUT2D eigenvalue weighted by Crippen LogP contribution is -2.36. The highest BCUT2D eigenvalue weighted by molar-refractivity contribution is 5.78. The fraction of sp³-hybridized carbons (Fsp3) is 0.333. The van der Waals surface area contributed by atoms with E-state index >= 15 is 0 Å². The molecule has 9 heteroatoms. The molecule has 1 atom stereocenters. The van der Waals surface area contributed by atoms with Gasteiger partial charge in [0.05, 0.1) is 0 Å². The molecule has 0 aliphatic heterocycles. The third-order valence-corrected chi connectivity index (χ3v) is 2.43. The second kappa shape index (κ2) is 8.48. The van der Waals surface area contributed by atoms with E-state index in [9.17, 15) is 14.9 Å². The number of hydrazine groups is 1. The number of aliphatic imine (C=N–C) groups is 1. The van der Waals surface area contributed by atoms with E-state index in [1.165, 1.54) is 0 Å². The van der Waals surface area contributed by atoms with Gasteiger partial charge < -0.3 is 16.2 Å². The molecule has 1 unspecified atom stereocenters. The van der Waals surface area contributed by atoms with Gasteiger partial charge in [-0.2, -0.15) is 0 Å². The van der Waals surface area contributed by atoms with Gasteiger partial charge in [0.15, 0.2) is 5.03 Å². The number of nitrogens with zero attached hydrogens (tertiary/aromatic N) is 2. The Balaban J connectivity index is 2.28. The van der Waals surface area contributed by atoms with Gasteiger partial charge in [0, 0.05) is 6.54 Å². The molecule has 0 saturated carbocycles. The Morgan fingerprint density at radius 3 is 2.71 bits per heavy atom. The molecular weight excluding hydrogens is 278 g/mol. The number of nitro groups is 1. The number of nitrogens with one attached hydrogen (secondary N) is 1. The second-order valence-electron chi connectivity index (χ2n) is 4.12. The molecule has 9 nitrogen and oxygen atoms in total. The number of carbonyl (C=O) groups excluding carboxylic acids is 1. The van der Waals surface area contributed by atoms with E-state index in [0.717, 1.165) is 0 Å². The Hall–Kier alpha value is -2.68. The van der Waals surface area contributed by atoms with Crippen LogP contribution < -0.4 is 21.6 Å². The van der Waals surface area contributed by atoms with E-state index in [1.54, 1.807) is 35.8 Å². The molecule has 0 aliphatic carbocycles. The Labute approximate surface area is 121 Å². The first-order valence-corrected chi connectivity index (χ1v) is 6.22. The molecule has 21 heavy (non-hydrogen) atoms. The van der Waals surface area contributed by atoms with Crippen molar-refractivity contribution in [3.05, 3.63) is 40.4 Å². The van der Waals surface area contributed by atoms with Crippen molar-refractivity contribution in [3.63, 3.8) is 0 Å². The molecular formula is C12H17N5O4. The van der Waals surface area contributed by atoms with Gasteiger partial charge in [0.1, 0.15) is 11.8 Å². The van der Waals surface area contributed by atoms with Crippen molar-refractivity contribution in [2.24, 2.45) is 16.5 Å². The number of ether oxygens (including phenoxy) is 1. The standard InChI is InChI=1S/C12H17N5O4/c13-10(7-4-8-15-12(14)16-17(19)20)11(18)21-9-5-2-1-3-6-9/h1-3,5-6,10H,4,7-8,13H2,(H3,14,15,16). The van der Waals surface area contributed by atoms with Gasteiger partial charge in [0.25, 0.3) is 5.96 Å². The summed E-state index contributed by atoms with van der Waals surface area (Å²) in [6, 6.07) is 7.81. The van der Waals surface area contributed by atoms with E-state index in [4.69, 9.17) is 16.2 Å². The van der Waals surface area contributed by atoms with Crippen molar-refractivity contribution < 1.29 is 14.6 Å². The minimum Gasteiger partial charge on any atom is -0.425 e. The molecule has 0 amide bonds. The van der Waals surface area contributed by atoms with E-state index in [-0.39, 0.29) is 12.5 Å². The third kappa shape index (κ3) is 6.87. The van der Waals surface area contributed by atoms with Gasteiger partial charge in [-0.25, -0.2) is 19.9 Å². The Bertz CT molecular complexity index is 506. The summed E-state index contributed by atoms with van der Waals surface area (Å²) in [7, 11) is 0. The molecule has 0 spiro atoms. The number of para-hydroxylation sites is 1. The summed E-state index contributed by atoms with van der Waals surface area (Å²) >= 11 is 0. The van der Waals surface area contributed by atoms with E-state index in [0.29, 0.717) is 18.6 Å². The lowest BCUT2D eigenvalue weighted by atomic mass is 10.2.